The zero-order valence-corrected chi connectivity index (χ0v) is 14.9. The fourth-order valence-electron chi connectivity index (χ4n) is 3.39. The van der Waals surface area contributed by atoms with Gasteiger partial charge >= 0.3 is 0 Å². The van der Waals surface area contributed by atoms with E-state index in [9.17, 15) is 0 Å². The van der Waals surface area contributed by atoms with E-state index in [1.165, 1.54) is 12.5 Å². The van der Waals surface area contributed by atoms with Crippen LogP contribution in [0.4, 0.5) is 0 Å². The van der Waals surface area contributed by atoms with Crippen molar-refractivity contribution in [2.45, 2.75) is 26.8 Å². The highest BCUT2D eigenvalue weighted by atomic mass is 15.1. The molecule has 2 N–H and O–H groups in total. The van der Waals surface area contributed by atoms with Gasteiger partial charge in [-0.3, -0.25) is 0 Å². The monoisotopic (exact) mass is 345 g/mol. The standard InChI is InChI=1S/C19H19N7/c1-10(2)26-12(4)25-18-15(26)5-13(7-21-18)14-8-22-19-16(14)17(11(3)6-20)23-9-24-19/h5-10,20H,3H2,1-2,4H3,(H,22,23,24). The van der Waals surface area contributed by atoms with Gasteiger partial charge in [0.2, 0.25) is 0 Å². The van der Waals surface area contributed by atoms with E-state index < -0.39 is 0 Å². The van der Waals surface area contributed by atoms with Crippen LogP contribution >= 0.6 is 0 Å². The van der Waals surface area contributed by atoms with Gasteiger partial charge < -0.3 is 15.0 Å². The van der Waals surface area contributed by atoms with Crippen LogP contribution in [0, 0.1) is 12.3 Å². The lowest BCUT2D eigenvalue weighted by Crippen LogP contribution is -2.02. The summed E-state index contributed by atoms with van der Waals surface area (Å²) < 4.78 is 2.18. The van der Waals surface area contributed by atoms with Gasteiger partial charge in [-0.25, -0.2) is 19.9 Å². The van der Waals surface area contributed by atoms with Crippen LogP contribution in [0.15, 0.2) is 31.4 Å². The number of allylic oxidation sites excluding steroid dienone is 1. The van der Waals surface area contributed by atoms with E-state index in [0.29, 0.717) is 16.9 Å². The minimum absolute atomic E-state index is 0.289. The van der Waals surface area contributed by atoms with Crippen molar-refractivity contribution in [3.05, 3.63) is 42.9 Å². The average Bonchev–Trinajstić information content (AvgIpc) is 3.20. The third-order valence-electron chi connectivity index (χ3n) is 4.50. The maximum absolute atomic E-state index is 7.52. The summed E-state index contributed by atoms with van der Waals surface area (Å²) in [5.41, 5.74) is 5.50. The normalized spacial score (nSPS) is 11.5. The summed E-state index contributed by atoms with van der Waals surface area (Å²) in [4.78, 5) is 20.9. The second-order valence-electron chi connectivity index (χ2n) is 6.51. The molecule has 0 fully saturated rings. The van der Waals surface area contributed by atoms with Crippen LogP contribution in [0.5, 0.6) is 0 Å². The Morgan fingerprint density at radius 2 is 2.12 bits per heavy atom. The number of rotatable bonds is 4. The SMILES string of the molecule is C=C(C=N)c1ncnc2[nH]cc(-c3cnc4nc(C)n(C(C)C)c4c3)c12. The Balaban J connectivity index is 2.00. The molecule has 26 heavy (non-hydrogen) atoms. The minimum Gasteiger partial charge on any atom is -0.345 e. The molecule has 0 amide bonds. The molecular weight excluding hydrogens is 326 g/mol. The van der Waals surface area contributed by atoms with E-state index in [0.717, 1.165) is 33.5 Å². The quantitative estimate of drug-likeness (QED) is 0.548. The third-order valence-corrected chi connectivity index (χ3v) is 4.50. The summed E-state index contributed by atoms with van der Waals surface area (Å²) in [7, 11) is 0. The number of nitrogens with one attached hydrogen (secondary N) is 2. The molecule has 4 heterocycles. The molecule has 0 aliphatic rings. The van der Waals surface area contributed by atoms with Crippen LogP contribution in [0.25, 0.3) is 38.9 Å². The first-order valence-electron chi connectivity index (χ1n) is 8.38. The highest BCUT2D eigenvalue weighted by Crippen LogP contribution is 2.33. The van der Waals surface area contributed by atoms with Crippen LogP contribution in [-0.2, 0) is 0 Å². The summed E-state index contributed by atoms with van der Waals surface area (Å²) in [6.45, 7) is 10.2. The molecule has 4 aromatic heterocycles. The van der Waals surface area contributed by atoms with Crippen molar-refractivity contribution in [1.29, 1.82) is 5.41 Å². The third kappa shape index (κ3) is 2.32. The molecule has 0 saturated carbocycles. The molecule has 0 aliphatic heterocycles. The molecule has 0 aromatic carbocycles. The first-order valence-corrected chi connectivity index (χ1v) is 8.38. The van der Waals surface area contributed by atoms with Gasteiger partial charge in [-0.1, -0.05) is 6.58 Å². The predicted octanol–water partition coefficient (Wildman–Crippen LogP) is 3.92. The van der Waals surface area contributed by atoms with Crippen molar-refractivity contribution in [1.82, 2.24) is 29.5 Å². The Morgan fingerprint density at radius 3 is 2.85 bits per heavy atom. The van der Waals surface area contributed by atoms with Crippen LogP contribution < -0.4 is 0 Å². The number of nitrogens with zero attached hydrogens (tertiary/aromatic N) is 5. The molecule has 4 aromatic rings. The average molecular weight is 345 g/mol. The van der Waals surface area contributed by atoms with Crippen molar-refractivity contribution >= 4 is 34.0 Å². The molecular formula is C19H19N7. The Bertz CT molecular complexity index is 1160. The Labute approximate surface area is 150 Å². The van der Waals surface area contributed by atoms with Crippen molar-refractivity contribution in [2.24, 2.45) is 0 Å². The summed E-state index contributed by atoms with van der Waals surface area (Å²) in [5, 5.41) is 8.36. The van der Waals surface area contributed by atoms with Crippen LogP contribution in [0.2, 0.25) is 0 Å². The van der Waals surface area contributed by atoms with Gasteiger partial charge in [0.25, 0.3) is 0 Å². The maximum atomic E-state index is 7.52. The van der Waals surface area contributed by atoms with E-state index in [1.807, 2.05) is 19.3 Å². The lowest BCUT2D eigenvalue weighted by Gasteiger charge is -2.11. The highest BCUT2D eigenvalue weighted by molar-refractivity contribution is 6.13. The van der Waals surface area contributed by atoms with Crippen LogP contribution in [-0.4, -0.2) is 35.7 Å². The highest BCUT2D eigenvalue weighted by Gasteiger charge is 2.17. The Hall–Kier alpha value is -3.35. The number of fused-ring (bicyclic) bond motifs is 2. The van der Waals surface area contributed by atoms with E-state index in [-0.39, 0.29) is 6.04 Å². The molecule has 0 saturated heterocycles. The summed E-state index contributed by atoms with van der Waals surface area (Å²) in [6.07, 6.45) is 6.39. The molecule has 4 rings (SSSR count). The van der Waals surface area contributed by atoms with Gasteiger partial charge in [0.15, 0.2) is 5.65 Å². The zero-order chi connectivity index (χ0) is 18.4. The van der Waals surface area contributed by atoms with Crippen molar-refractivity contribution in [3.63, 3.8) is 0 Å². The lowest BCUT2D eigenvalue weighted by molar-refractivity contribution is 0.600. The minimum atomic E-state index is 0.289. The van der Waals surface area contributed by atoms with Crippen molar-refractivity contribution in [2.75, 3.05) is 0 Å². The van der Waals surface area contributed by atoms with E-state index in [1.54, 1.807) is 0 Å². The number of pyridine rings is 1. The second kappa shape index (κ2) is 5.87. The number of aromatic amines is 1. The number of aromatic nitrogens is 6. The molecule has 0 atom stereocenters. The topological polar surface area (TPSA) is 96.1 Å². The van der Waals surface area contributed by atoms with E-state index in [4.69, 9.17) is 5.41 Å². The zero-order valence-electron chi connectivity index (χ0n) is 14.9. The largest absolute Gasteiger partial charge is 0.345 e. The summed E-state index contributed by atoms with van der Waals surface area (Å²) in [6, 6.07) is 2.38. The molecule has 7 nitrogen and oxygen atoms in total. The van der Waals surface area contributed by atoms with Gasteiger partial charge in [-0.15, -0.1) is 0 Å². The predicted molar refractivity (Wildman–Crippen MR) is 103 cm³/mol. The number of H-pyrrole nitrogens is 1. The fourth-order valence-corrected chi connectivity index (χ4v) is 3.39. The van der Waals surface area contributed by atoms with Crippen molar-refractivity contribution < 1.29 is 0 Å². The van der Waals surface area contributed by atoms with Crippen LogP contribution in [0.3, 0.4) is 0 Å². The number of aryl methyl sites for hydroxylation is 1. The number of hydrogen-bond acceptors (Lipinski definition) is 5. The fraction of sp³-hybridized carbons (Fsp3) is 0.211. The first-order chi connectivity index (χ1) is 12.5. The Morgan fingerprint density at radius 1 is 1.31 bits per heavy atom. The molecule has 0 bridgehead atoms. The maximum Gasteiger partial charge on any atom is 0.177 e. The van der Waals surface area contributed by atoms with Gasteiger partial charge in [0, 0.05) is 41.4 Å². The number of imidazole rings is 1. The van der Waals surface area contributed by atoms with Gasteiger partial charge in [0.05, 0.1) is 16.6 Å². The summed E-state index contributed by atoms with van der Waals surface area (Å²) in [5.74, 6) is 0.944. The number of hydrogen-bond donors (Lipinski definition) is 2. The first kappa shape index (κ1) is 16.1. The molecule has 7 heteroatoms. The second-order valence-corrected chi connectivity index (χ2v) is 6.51. The van der Waals surface area contributed by atoms with Crippen LogP contribution in [0.1, 0.15) is 31.4 Å². The van der Waals surface area contributed by atoms with Gasteiger partial charge in [-0.2, -0.15) is 0 Å². The van der Waals surface area contributed by atoms with E-state index >= 15 is 0 Å². The molecule has 130 valence electrons. The van der Waals surface area contributed by atoms with Crippen molar-refractivity contribution in [3.8, 4) is 11.1 Å². The molecule has 0 radical (unpaired) electrons. The molecule has 0 aliphatic carbocycles. The van der Waals surface area contributed by atoms with Gasteiger partial charge in [0.1, 0.15) is 17.8 Å². The molecule has 0 spiro atoms. The Kier molecular flexibility index (Phi) is 3.64. The van der Waals surface area contributed by atoms with Gasteiger partial charge in [-0.05, 0) is 26.8 Å². The lowest BCUT2D eigenvalue weighted by atomic mass is 10.0. The summed E-state index contributed by atoms with van der Waals surface area (Å²) >= 11 is 0. The molecule has 0 unspecified atom stereocenters. The van der Waals surface area contributed by atoms with E-state index in [2.05, 4.69) is 56.0 Å². The smallest absolute Gasteiger partial charge is 0.177 e.